The Bertz CT molecular complexity index is 1160. The number of sulfonamides is 1. The summed E-state index contributed by atoms with van der Waals surface area (Å²) in [5, 5.41) is 2.85. The van der Waals surface area contributed by atoms with Crippen molar-refractivity contribution in [3.63, 3.8) is 0 Å². The molecule has 2 fully saturated rings. The Morgan fingerprint density at radius 2 is 1.76 bits per heavy atom. The number of nitrogens with one attached hydrogen (secondary N) is 1. The van der Waals surface area contributed by atoms with Crippen LogP contribution in [-0.2, 0) is 21.4 Å². The van der Waals surface area contributed by atoms with E-state index in [2.05, 4.69) is 5.32 Å². The Labute approximate surface area is 200 Å². The molecule has 2 aliphatic heterocycles. The van der Waals surface area contributed by atoms with Crippen LogP contribution in [0.1, 0.15) is 54.4 Å². The van der Waals surface area contributed by atoms with Gasteiger partial charge in [-0.25, -0.2) is 8.42 Å². The molecule has 2 heterocycles. The molecule has 2 aliphatic rings. The molecule has 2 saturated heterocycles. The Kier molecular flexibility index (Phi) is 7.53. The number of carbonyl (C=O) groups is 2. The van der Waals surface area contributed by atoms with Crippen molar-refractivity contribution >= 4 is 27.5 Å². The van der Waals surface area contributed by atoms with E-state index in [4.69, 9.17) is 4.74 Å². The van der Waals surface area contributed by atoms with Gasteiger partial charge < -0.3 is 15.0 Å². The van der Waals surface area contributed by atoms with Crippen molar-refractivity contribution in [1.82, 2.24) is 9.21 Å². The van der Waals surface area contributed by atoms with Crippen LogP contribution in [0.2, 0.25) is 0 Å². The van der Waals surface area contributed by atoms with E-state index in [1.807, 2.05) is 23.1 Å². The summed E-state index contributed by atoms with van der Waals surface area (Å²) in [4.78, 5) is 26.7. The van der Waals surface area contributed by atoms with Gasteiger partial charge in [0.25, 0.3) is 5.91 Å². The lowest BCUT2D eigenvalue weighted by molar-refractivity contribution is -0.128. The van der Waals surface area contributed by atoms with E-state index in [0.717, 1.165) is 44.2 Å². The summed E-state index contributed by atoms with van der Waals surface area (Å²) < 4.78 is 33.6. The lowest BCUT2D eigenvalue weighted by Gasteiger charge is -2.21. The second-order valence-electron chi connectivity index (χ2n) is 8.76. The molecule has 0 aliphatic carbocycles. The molecular weight excluding hydrogens is 454 g/mol. The second-order valence-corrected chi connectivity index (χ2v) is 10.7. The van der Waals surface area contributed by atoms with Crippen LogP contribution in [0.4, 0.5) is 5.69 Å². The number of ether oxygens (including phenoxy) is 1. The zero-order valence-electron chi connectivity index (χ0n) is 19.5. The van der Waals surface area contributed by atoms with Crippen LogP contribution in [0.5, 0.6) is 5.75 Å². The monoisotopic (exact) mass is 485 g/mol. The van der Waals surface area contributed by atoms with Crippen molar-refractivity contribution in [3.8, 4) is 5.75 Å². The van der Waals surface area contributed by atoms with Gasteiger partial charge in [0.2, 0.25) is 15.9 Å². The highest BCUT2D eigenvalue weighted by atomic mass is 32.2. The third-order valence-electron chi connectivity index (χ3n) is 6.34. The van der Waals surface area contributed by atoms with E-state index >= 15 is 0 Å². The second kappa shape index (κ2) is 10.6. The number of methoxy groups -OCH3 is 1. The summed E-state index contributed by atoms with van der Waals surface area (Å²) in [7, 11) is -2.37. The number of rotatable bonds is 7. The molecule has 9 heteroatoms. The zero-order valence-corrected chi connectivity index (χ0v) is 20.3. The number of benzene rings is 2. The van der Waals surface area contributed by atoms with E-state index in [-0.39, 0.29) is 22.1 Å². The van der Waals surface area contributed by atoms with Gasteiger partial charge >= 0.3 is 0 Å². The first-order valence-electron chi connectivity index (χ1n) is 11.7. The maximum Gasteiger partial charge on any atom is 0.255 e. The molecule has 0 spiro atoms. The summed E-state index contributed by atoms with van der Waals surface area (Å²) >= 11 is 0. The van der Waals surface area contributed by atoms with Crippen LogP contribution < -0.4 is 10.1 Å². The topological polar surface area (TPSA) is 96.0 Å². The fraction of sp³-hybridized carbons (Fsp3) is 0.440. The average molecular weight is 486 g/mol. The highest BCUT2D eigenvalue weighted by Gasteiger charge is 2.29. The van der Waals surface area contributed by atoms with Crippen molar-refractivity contribution in [2.24, 2.45) is 0 Å². The molecule has 0 unspecified atom stereocenters. The summed E-state index contributed by atoms with van der Waals surface area (Å²) in [5.74, 6) is -0.0479. The van der Waals surface area contributed by atoms with Crippen LogP contribution in [0.15, 0.2) is 47.4 Å². The van der Waals surface area contributed by atoms with Crippen molar-refractivity contribution < 1.29 is 22.7 Å². The zero-order chi connectivity index (χ0) is 24.1. The molecule has 0 saturated carbocycles. The molecule has 0 bridgehead atoms. The summed E-state index contributed by atoms with van der Waals surface area (Å²) in [5.41, 5.74) is 1.74. The van der Waals surface area contributed by atoms with Gasteiger partial charge in [-0.3, -0.25) is 9.59 Å². The van der Waals surface area contributed by atoms with Gasteiger partial charge in [0.05, 0.1) is 7.11 Å². The van der Waals surface area contributed by atoms with Gasteiger partial charge in [0.1, 0.15) is 10.6 Å². The van der Waals surface area contributed by atoms with Crippen molar-refractivity contribution in [3.05, 3.63) is 53.6 Å². The summed E-state index contributed by atoms with van der Waals surface area (Å²) in [6, 6.07) is 11.8. The quantitative estimate of drug-likeness (QED) is 0.646. The minimum Gasteiger partial charge on any atom is -0.495 e. The minimum absolute atomic E-state index is 0.00541. The van der Waals surface area contributed by atoms with Crippen molar-refractivity contribution in [1.29, 1.82) is 0 Å². The first-order valence-corrected chi connectivity index (χ1v) is 13.2. The molecule has 4 rings (SSSR count). The molecule has 8 nitrogen and oxygen atoms in total. The molecule has 182 valence electrons. The van der Waals surface area contributed by atoms with E-state index in [9.17, 15) is 18.0 Å². The van der Waals surface area contributed by atoms with Gasteiger partial charge in [-0.2, -0.15) is 4.31 Å². The number of likely N-dealkylation sites (tertiary alicyclic amines) is 1. The molecule has 2 aromatic carbocycles. The molecular formula is C25H31N3O5S. The molecule has 0 radical (unpaired) electrons. The molecule has 0 atom stereocenters. The van der Waals surface area contributed by atoms with Crippen LogP contribution in [0.3, 0.4) is 0 Å². The maximum absolute atomic E-state index is 13.4. The van der Waals surface area contributed by atoms with Crippen molar-refractivity contribution in [2.75, 3.05) is 32.1 Å². The SMILES string of the molecule is COc1ccc(C(=O)Nc2cccc(CN3CCCC3=O)c2)cc1S(=O)(=O)N1CCCCCC1. The van der Waals surface area contributed by atoms with Gasteiger partial charge in [-0.05, 0) is 55.2 Å². The lowest BCUT2D eigenvalue weighted by atomic mass is 10.1. The number of carbonyl (C=O) groups excluding carboxylic acids is 2. The van der Waals surface area contributed by atoms with Gasteiger partial charge in [0, 0.05) is 43.9 Å². The summed E-state index contributed by atoms with van der Waals surface area (Å²) in [6.45, 7) is 2.18. The standard InChI is InChI=1S/C25H31N3O5S/c1-33-22-12-11-20(17-23(22)34(31,32)28-14-4-2-3-5-15-28)25(30)26-21-9-6-8-19(16-21)18-27-13-7-10-24(27)29/h6,8-9,11-12,16-17H,2-5,7,10,13-15,18H2,1H3,(H,26,30). The van der Waals surface area contributed by atoms with Gasteiger partial charge in [-0.1, -0.05) is 25.0 Å². The smallest absolute Gasteiger partial charge is 0.255 e. The van der Waals surface area contributed by atoms with E-state index in [0.29, 0.717) is 31.7 Å². The third kappa shape index (κ3) is 5.42. The number of anilines is 1. The largest absolute Gasteiger partial charge is 0.495 e. The number of hydrogen-bond donors (Lipinski definition) is 1. The maximum atomic E-state index is 13.4. The van der Waals surface area contributed by atoms with Crippen LogP contribution in [0, 0.1) is 0 Å². The average Bonchev–Trinajstić information content (AvgIpc) is 3.06. The predicted molar refractivity (Wildman–Crippen MR) is 129 cm³/mol. The molecule has 2 aromatic rings. The highest BCUT2D eigenvalue weighted by Crippen LogP contribution is 2.30. The number of nitrogens with zero attached hydrogens (tertiary/aromatic N) is 2. The first-order chi connectivity index (χ1) is 16.4. The summed E-state index contributed by atoms with van der Waals surface area (Å²) in [6.07, 6.45) is 5.11. The lowest BCUT2D eigenvalue weighted by Crippen LogP contribution is -2.32. The van der Waals surface area contributed by atoms with Gasteiger partial charge in [-0.15, -0.1) is 0 Å². The Morgan fingerprint density at radius 1 is 1.00 bits per heavy atom. The first kappa shape index (κ1) is 24.2. The Hall–Kier alpha value is -2.91. The Morgan fingerprint density at radius 3 is 2.44 bits per heavy atom. The fourth-order valence-corrected chi connectivity index (χ4v) is 6.18. The molecule has 34 heavy (non-hydrogen) atoms. The van der Waals surface area contributed by atoms with Crippen LogP contribution >= 0.6 is 0 Å². The Balaban J connectivity index is 1.54. The third-order valence-corrected chi connectivity index (χ3v) is 8.26. The van der Waals surface area contributed by atoms with E-state index in [1.54, 1.807) is 12.1 Å². The van der Waals surface area contributed by atoms with Crippen LogP contribution in [0.25, 0.3) is 0 Å². The van der Waals surface area contributed by atoms with E-state index in [1.165, 1.54) is 23.5 Å². The van der Waals surface area contributed by atoms with Crippen LogP contribution in [-0.4, -0.2) is 56.2 Å². The normalized spacial score (nSPS) is 17.4. The molecule has 2 amide bonds. The number of hydrogen-bond acceptors (Lipinski definition) is 5. The number of amides is 2. The predicted octanol–water partition coefficient (Wildman–Crippen LogP) is 3.63. The molecule has 1 N–H and O–H groups in total. The fourth-order valence-electron chi connectivity index (χ4n) is 4.48. The minimum atomic E-state index is -3.79. The molecule has 0 aromatic heterocycles. The highest BCUT2D eigenvalue weighted by molar-refractivity contribution is 7.89. The van der Waals surface area contributed by atoms with Crippen molar-refractivity contribution in [2.45, 2.75) is 50.0 Å². The van der Waals surface area contributed by atoms with E-state index < -0.39 is 15.9 Å². The van der Waals surface area contributed by atoms with Gasteiger partial charge in [0.15, 0.2) is 0 Å².